The van der Waals surface area contributed by atoms with Crippen LogP contribution in [0.2, 0.25) is 0 Å². The average molecular weight is 249 g/mol. The first kappa shape index (κ1) is 13.0. The van der Waals surface area contributed by atoms with Crippen molar-refractivity contribution < 1.29 is 9.90 Å². The number of hydrogen-bond acceptors (Lipinski definition) is 4. The molecular formula is C13H19N3O2. The third-order valence-electron chi connectivity index (χ3n) is 3.28. The number of benzene rings is 1. The predicted octanol–water partition coefficient (Wildman–Crippen LogP) is 0.247. The van der Waals surface area contributed by atoms with E-state index in [1.165, 1.54) is 0 Å². The van der Waals surface area contributed by atoms with Gasteiger partial charge in [-0.3, -0.25) is 15.1 Å². The molecule has 18 heavy (non-hydrogen) atoms. The molecule has 98 valence electrons. The number of nitrogens with one attached hydrogen (secondary N) is 1. The lowest BCUT2D eigenvalue weighted by Crippen LogP contribution is -2.30. The van der Waals surface area contributed by atoms with Crippen molar-refractivity contribution in [2.45, 2.75) is 25.5 Å². The third-order valence-corrected chi connectivity index (χ3v) is 3.28. The summed E-state index contributed by atoms with van der Waals surface area (Å²) in [7, 11) is 0. The lowest BCUT2D eigenvalue weighted by molar-refractivity contribution is 0.0679. The minimum atomic E-state index is -0.570. The number of carbonyl (C=O) groups excluding carboxylic acids is 1. The SMILES string of the molecule is CC1(O)CCN(Cc2ccc(C(=O)NN)cc2)C1. The molecule has 1 atom stereocenters. The number of carbonyl (C=O) groups is 1. The second kappa shape index (κ2) is 5.06. The van der Waals surface area contributed by atoms with Crippen LogP contribution in [0.3, 0.4) is 0 Å². The number of nitrogens with zero attached hydrogens (tertiary/aromatic N) is 1. The van der Waals surface area contributed by atoms with Gasteiger partial charge >= 0.3 is 0 Å². The van der Waals surface area contributed by atoms with Crippen molar-refractivity contribution in [1.29, 1.82) is 0 Å². The zero-order chi connectivity index (χ0) is 13.2. The summed E-state index contributed by atoms with van der Waals surface area (Å²) in [5.74, 6) is 4.78. The first-order valence-electron chi connectivity index (χ1n) is 6.05. The maximum Gasteiger partial charge on any atom is 0.265 e. The quantitative estimate of drug-likeness (QED) is 0.407. The minimum Gasteiger partial charge on any atom is -0.389 e. The third kappa shape index (κ3) is 3.07. The summed E-state index contributed by atoms with van der Waals surface area (Å²) in [4.78, 5) is 13.5. The van der Waals surface area contributed by atoms with Crippen molar-refractivity contribution in [2.75, 3.05) is 13.1 Å². The van der Waals surface area contributed by atoms with Crippen LogP contribution in [-0.4, -0.2) is 34.6 Å². The molecule has 1 unspecified atom stereocenters. The van der Waals surface area contributed by atoms with Gasteiger partial charge in [-0.05, 0) is 31.0 Å². The zero-order valence-electron chi connectivity index (χ0n) is 10.5. The number of likely N-dealkylation sites (tertiary alicyclic amines) is 1. The second-order valence-electron chi connectivity index (χ2n) is 5.13. The van der Waals surface area contributed by atoms with Gasteiger partial charge in [0.15, 0.2) is 0 Å². The predicted molar refractivity (Wildman–Crippen MR) is 68.6 cm³/mol. The van der Waals surface area contributed by atoms with Gasteiger partial charge in [0.25, 0.3) is 5.91 Å². The number of aliphatic hydroxyl groups is 1. The molecule has 5 heteroatoms. The van der Waals surface area contributed by atoms with Crippen LogP contribution >= 0.6 is 0 Å². The van der Waals surface area contributed by atoms with Crippen LogP contribution in [0.15, 0.2) is 24.3 Å². The second-order valence-corrected chi connectivity index (χ2v) is 5.13. The van der Waals surface area contributed by atoms with E-state index in [2.05, 4.69) is 10.3 Å². The molecule has 1 aromatic carbocycles. The van der Waals surface area contributed by atoms with Crippen LogP contribution < -0.4 is 11.3 Å². The summed E-state index contributed by atoms with van der Waals surface area (Å²) in [6.07, 6.45) is 0.806. The van der Waals surface area contributed by atoms with Crippen LogP contribution in [0.4, 0.5) is 0 Å². The van der Waals surface area contributed by atoms with E-state index in [1.807, 2.05) is 19.1 Å². The molecule has 1 fully saturated rings. The number of hydrazine groups is 1. The Balaban J connectivity index is 1.97. The molecule has 0 spiro atoms. The fourth-order valence-corrected chi connectivity index (χ4v) is 2.28. The van der Waals surface area contributed by atoms with Crippen molar-refractivity contribution >= 4 is 5.91 Å². The molecule has 1 heterocycles. The van der Waals surface area contributed by atoms with E-state index in [1.54, 1.807) is 12.1 Å². The fraction of sp³-hybridized carbons (Fsp3) is 0.462. The lowest BCUT2D eigenvalue weighted by atomic mass is 10.1. The topological polar surface area (TPSA) is 78.6 Å². The Morgan fingerprint density at radius 3 is 2.67 bits per heavy atom. The number of β-amino-alcohol motifs (C(OH)–C–C–N with tert-alkyl or cyclic N) is 1. The lowest BCUT2D eigenvalue weighted by Gasteiger charge is -2.18. The molecule has 0 saturated carbocycles. The van der Waals surface area contributed by atoms with Gasteiger partial charge in [-0.25, -0.2) is 5.84 Å². The van der Waals surface area contributed by atoms with Crippen molar-refractivity contribution in [3.63, 3.8) is 0 Å². The first-order valence-corrected chi connectivity index (χ1v) is 6.05. The Hall–Kier alpha value is -1.43. The molecule has 0 radical (unpaired) electrons. The van der Waals surface area contributed by atoms with E-state index in [4.69, 9.17) is 5.84 Å². The maximum atomic E-state index is 11.3. The Bertz CT molecular complexity index is 428. The normalized spacial score (nSPS) is 24.2. The van der Waals surface area contributed by atoms with Gasteiger partial charge in [0.05, 0.1) is 5.60 Å². The summed E-state index contributed by atoms with van der Waals surface area (Å²) in [5.41, 5.74) is 3.21. The van der Waals surface area contributed by atoms with Crippen molar-refractivity contribution in [3.8, 4) is 0 Å². The number of rotatable bonds is 3. The van der Waals surface area contributed by atoms with Gasteiger partial charge < -0.3 is 5.11 Å². The molecule has 1 amide bonds. The molecule has 0 aromatic heterocycles. The van der Waals surface area contributed by atoms with E-state index in [0.717, 1.165) is 25.1 Å². The number of amides is 1. The molecule has 1 saturated heterocycles. The van der Waals surface area contributed by atoms with Crippen molar-refractivity contribution in [3.05, 3.63) is 35.4 Å². The number of nitrogen functional groups attached to an aromatic ring is 1. The molecule has 1 aromatic rings. The van der Waals surface area contributed by atoms with Crippen LogP contribution in [0.25, 0.3) is 0 Å². The monoisotopic (exact) mass is 249 g/mol. The number of hydrogen-bond donors (Lipinski definition) is 3. The molecule has 0 aliphatic carbocycles. The van der Waals surface area contributed by atoms with Gasteiger partial charge in [0.1, 0.15) is 0 Å². The van der Waals surface area contributed by atoms with Gasteiger partial charge in [0.2, 0.25) is 0 Å². The largest absolute Gasteiger partial charge is 0.389 e. The highest BCUT2D eigenvalue weighted by Crippen LogP contribution is 2.22. The van der Waals surface area contributed by atoms with Gasteiger partial charge in [-0.1, -0.05) is 12.1 Å². The summed E-state index contributed by atoms with van der Waals surface area (Å²) >= 11 is 0. The molecule has 1 aliphatic rings. The van der Waals surface area contributed by atoms with Crippen molar-refractivity contribution in [2.24, 2.45) is 5.84 Å². The van der Waals surface area contributed by atoms with E-state index < -0.39 is 5.60 Å². The summed E-state index contributed by atoms with van der Waals surface area (Å²) in [5, 5.41) is 9.88. The zero-order valence-corrected chi connectivity index (χ0v) is 10.5. The average Bonchev–Trinajstić information content (AvgIpc) is 2.68. The summed E-state index contributed by atoms with van der Waals surface area (Å²) in [6, 6.07) is 7.34. The van der Waals surface area contributed by atoms with Gasteiger partial charge in [0, 0.05) is 25.2 Å². The molecule has 4 N–H and O–H groups in total. The molecular weight excluding hydrogens is 230 g/mol. The van der Waals surface area contributed by atoms with Crippen LogP contribution in [0.5, 0.6) is 0 Å². The van der Waals surface area contributed by atoms with Crippen LogP contribution in [0, 0.1) is 0 Å². The summed E-state index contributed by atoms with van der Waals surface area (Å²) < 4.78 is 0. The molecule has 1 aliphatic heterocycles. The van der Waals surface area contributed by atoms with Crippen LogP contribution in [0.1, 0.15) is 29.3 Å². The van der Waals surface area contributed by atoms with E-state index in [0.29, 0.717) is 12.1 Å². The standard InChI is InChI=1S/C13H19N3O2/c1-13(18)6-7-16(9-13)8-10-2-4-11(5-3-10)12(17)15-14/h2-5,18H,6-9,14H2,1H3,(H,15,17). The molecule has 5 nitrogen and oxygen atoms in total. The number of nitrogens with two attached hydrogens (primary N) is 1. The molecule has 2 rings (SSSR count). The molecule has 0 bridgehead atoms. The van der Waals surface area contributed by atoms with E-state index in [-0.39, 0.29) is 5.91 Å². The highest BCUT2D eigenvalue weighted by Gasteiger charge is 2.30. The smallest absolute Gasteiger partial charge is 0.265 e. The fourth-order valence-electron chi connectivity index (χ4n) is 2.28. The maximum absolute atomic E-state index is 11.3. The van der Waals surface area contributed by atoms with E-state index >= 15 is 0 Å². The van der Waals surface area contributed by atoms with Crippen molar-refractivity contribution in [1.82, 2.24) is 10.3 Å². The summed E-state index contributed by atoms with van der Waals surface area (Å²) in [6.45, 7) is 4.25. The Morgan fingerprint density at radius 2 is 2.17 bits per heavy atom. The highest BCUT2D eigenvalue weighted by atomic mass is 16.3. The Labute approximate surface area is 107 Å². The Kier molecular flexibility index (Phi) is 3.65. The first-order chi connectivity index (χ1) is 8.50. The van der Waals surface area contributed by atoms with Gasteiger partial charge in [-0.2, -0.15) is 0 Å². The van der Waals surface area contributed by atoms with Gasteiger partial charge in [-0.15, -0.1) is 0 Å². The highest BCUT2D eigenvalue weighted by molar-refractivity contribution is 5.93. The van der Waals surface area contributed by atoms with E-state index in [9.17, 15) is 9.90 Å². The van der Waals surface area contributed by atoms with Crippen LogP contribution in [-0.2, 0) is 6.54 Å². The Morgan fingerprint density at radius 1 is 1.50 bits per heavy atom. The minimum absolute atomic E-state index is 0.286.